The molecule has 0 saturated carbocycles. The molecule has 0 aromatic carbocycles. The highest BCUT2D eigenvalue weighted by Crippen LogP contribution is 2.23. The zero-order valence-corrected chi connectivity index (χ0v) is 11.0. The van der Waals surface area contributed by atoms with Crippen LogP contribution in [0, 0.1) is 6.92 Å². The molecule has 0 atom stereocenters. The van der Waals surface area contributed by atoms with Gasteiger partial charge in [-0.3, -0.25) is 24.8 Å². The van der Waals surface area contributed by atoms with Crippen molar-refractivity contribution in [3.63, 3.8) is 0 Å². The van der Waals surface area contributed by atoms with Gasteiger partial charge in [0.1, 0.15) is 5.03 Å². The first-order valence-electron chi connectivity index (χ1n) is 5.17. The lowest BCUT2D eigenvalue weighted by Crippen LogP contribution is -2.33. The van der Waals surface area contributed by atoms with Crippen LogP contribution in [0.2, 0.25) is 0 Å². The van der Waals surface area contributed by atoms with Crippen LogP contribution in [-0.4, -0.2) is 24.7 Å². The lowest BCUT2D eigenvalue weighted by Gasteiger charge is -2.07. The molecule has 0 bridgehead atoms. The van der Waals surface area contributed by atoms with Gasteiger partial charge in [0.2, 0.25) is 5.95 Å². The number of anilines is 1. The first-order chi connectivity index (χ1) is 8.99. The number of nitrogens with two attached hydrogens (primary N) is 1. The Morgan fingerprint density at radius 1 is 1.37 bits per heavy atom. The molecular weight excluding hydrogens is 270 g/mol. The Morgan fingerprint density at radius 2 is 2.11 bits per heavy atom. The number of hydrogen-bond donors (Lipinski definition) is 3. The number of hydrazine groups is 1. The summed E-state index contributed by atoms with van der Waals surface area (Å²) in [4.78, 5) is 34.1. The minimum atomic E-state index is -0.844. The third kappa shape index (κ3) is 2.98. The zero-order valence-electron chi connectivity index (χ0n) is 10.2. The van der Waals surface area contributed by atoms with Crippen LogP contribution in [-0.2, 0) is 7.05 Å². The number of rotatable bonds is 3. The van der Waals surface area contributed by atoms with E-state index in [1.165, 1.54) is 4.68 Å². The lowest BCUT2D eigenvalue weighted by atomic mass is 10.5. The van der Waals surface area contributed by atoms with Crippen molar-refractivity contribution in [2.45, 2.75) is 17.1 Å². The molecule has 2 aromatic rings. The second-order valence-corrected chi connectivity index (χ2v) is 4.60. The van der Waals surface area contributed by atoms with E-state index < -0.39 is 11.1 Å². The molecule has 10 heteroatoms. The lowest BCUT2D eigenvalue weighted by molar-refractivity contribution is 0.596. The van der Waals surface area contributed by atoms with Gasteiger partial charge in [-0.1, -0.05) is 0 Å². The fourth-order valence-corrected chi connectivity index (χ4v) is 2.16. The summed E-state index contributed by atoms with van der Waals surface area (Å²) in [5.74, 6) is 5.51. The van der Waals surface area contributed by atoms with Gasteiger partial charge in [-0.2, -0.15) is 4.98 Å². The van der Waals surface area contributed by atoms with Crippen molar-refractivity contribution in [1.29, 1.82) is 0 Å². The van der Waals surface area contributed by atoms with E-state index in [9.17, 15) is 9.59 Å². The van der Waals surface area contributed by atoms with E-state index >= 15 is 0 Å². The number of nitrogen functional groups attached to an aromatic ring is 1. The van der Waals surface area contributed by atoms with Crippen LogP contribution >= 0.6 is 11.8 Å². The summed E-state index contributed by atoms with van der Waals surface area (Å²) in [6.45, 7) is 1.78. The topological polar surface area (TPSA) is 132 Å². The van der Waals surface area contributed by atoms with Gasteiger partial charge in [0.15, 0.2) is 5.16 Å². The summed E-state index contributed by atoms with van der Waals surface area (Å²) in [5, 5.41) is 3.21. The maximum Gasteiger partial charge on any atom is 0.339 e. The van der Waals surface area contributed by atoms with Crippen LogP contribution in [0.5, 0.6) is 0 Å². The summed E-state index contributed by atoms with van der Waals surface area (Å²) >= 11 is 1.12. The number of nitrogens with zero attached hydrogens (tertiary/aromatic N) is 4. The molecule has 19 heavy (non-hydrogen) atoms. The summed E-state index contributed by atoms with van der Waals surface area (Å²) in [6.07, 6.45) is 0. The average molecular weight is 281 g/mol. The molecule has 2 aromatic heterocycles. The quantitative estimate of drug-likeness (QED) is 0.282. The Labute approximate surface area is 111 Å². The molecule has 0 fully saturated rings. The third-order valence-corrected chi connectivity index (χ3v) is 3.07. The van der Waals surface area contributed by atoms with Crippen molar-refractivity contribution < 1.29 is 0 Å². The molecule has 0 aliphatic carbocycles. The molecule has 0 aliphatic heterocycles. The van der Waals surface area contributed by atoms with E-state index in [1.807, 2.05) is 0 Å². The second-order valence-electron chi connectivity index (χ2n) is 3.62. The van der Waals surface area contributed by atoms with Crippen LogP contribution in [0.1, 0.15) is 5.69 Å². The van der Waals surface area contributed by atoms with Gasteiger partial charge >= 0.3 is 11.1 Å². The minimum Gasteiger partial charge on any atom is -0.292 e. The molecule has 2 heterocycles. The molecular formula is C9H11N7O2S. The van der Waals surface area contributed by atoms with Crippen molar-refractivity contribution in [2.24, 2.45) is 12.9 Å². The average Bonchev–Trinajstić information content (AvgIpc) is 2.35. The Kier molecular flexibility index (Phi) is 3.62. The van der Waals surface area contributed by atoms with Crippen molar-refractivity contribution >= 4 is 17.7 Å². The van der Waals surface area contributed by atoms with E-state index in [0.29, 0.717) is 15.9 Å². The molecule has 4 N–H and O–H groups in total. The molecule has 0 unspecified atom stereocenters. The maximum atomic E-state index is 11.2. The SMILES string of the molecule is Cc1cc(Sc2nc(=O)c(=O)[nH]n2C)nc(NN)n1. The Balaban J connectivity index is 2.41. The van der Waals surface area contributed by atoms with Crippen molar-refractivity contribution in [3.8, 4) is 0 Å². The summed E-state index contributed by atoms with van der Waals surface area (Å²) in [5.41, 5.74) is 1.44. The van der Waals surface area contributed by atoms with Gasteiger partial charge in [-0.15, -0.1) is 0 Å². The molecule has 0 spiro atoms. The van der Waals surface area contributed by atoms with Crippen LogP contribution in [0.25, 0.3) is 0 Å². The smallest absolute Gasteiger partial charge is 0.292 e. The highest BCUT2D eigenvalue weighted by atomic mass is 32.2. The number of H-pyrrole nitrogens is 1. The van der Waals surface area contributed by atoms with Crippen LogP contribution < -0.4 is 22.4 Å². The maximum absolute atomic E-state index is 11.2. The van der Waals surface area contributed by atoms with Crippen molar-refractivity contribution in [2.75, 3.05) is 5.43 Å². The van der Waals surface area contributed by atoms with Crippen molar-refractivity contribution in [1.82, 2.24) is 24.7 Å². The fourth-order valence-electron chi connectivity index (χ4n) is 1.30. The highest BCUT2D eigenvalue weighted by molar-refractivity contribution is 7.99. The van der Waals surface area contributed by atoms with E-state index in [0.717, 1.165) is 11.8 Å². The third-order valence-electron chi connectivity index (χ3n) is 2.10. The molecule has 9 nitrogen and oxygen atoms in total. The summed E-state index contributed by atoms with van der Waals surface area (Å²) < 4.78 is 1.35. The Hall–Kier alpha value is -2.20. The van der Waals surface area contributed by atoms with E-state index in [4.69, 9.17) is 5.84 Å². The first kappa shape index (κ1) is 13.2. The highest BCUT2D eigenvalue weighted by Gasteiger charge is 2.09. The van der Waals surface area contributed by atoms with Gasteiger partial charge in [0, 0.05) is 12.7 Å². The molecule has 0 aliphatic rings. The number of hydrogen-bond acceptors (Lipinski definition) is 8. The number of aromatic amines is 1. The van der Waals surface area contributed by atoms with Crippen molar-refractivity contribution in [3.05, 3.63) is 32.5 Å². The minimum absolute atomic E-state index is 0.261. The van der Waals surface area contributed by atoms with Gasteiger partial charge in [0.05, 0.1) is 0 Å². The summed E-state index contributed by atoms with van der Waals surface area (Å²) in [6, 6.07) is 1.71. The predicted octanol–water partition coefficient (Wildman–Crippen LogP) is -0.996. The Bertz CT molecular complexity index is 723. The van der Waals surface area contributed by atoms with E-state index in [-0.39, 0.29) is 5.95 Å². The molecule has 0 amide bonds. The second kappa shape index (κ2) is 5.20. The standard InChI is InChI=1S/C9H11N7O2S/c1-4-3-5(12-8(11-4)14-10)19-9-13-6(17)7(18)15-16(9)2/h3H,10H2,1-2H3,(H,15,18)(H,11,12,14). The molecule has 0 radical (unpaired) electrons. The summed E-state index contributed by atoms with van der Waals surface area (Å²) in [7, 11) is 1.58. The predicted molar refractivity (Wildman–Crippen MR) is 68.8 cm³/mol. The van der Waals surface area contributed by atoms with Gasteiger partial charge in [-0.05, 0) is 24.8 Å². The molecule has 100 valence electrons. The van der Waals surface area contributed by atoms with Gasteiger partial charge < -0.3 is 0 Å². The molecule has 2 rings (SSSR count). The Morgan fingerprint density at radius 3 is 2.79 bits per heavy atom. The number of aromatic nitrogens is 5. The molecule has 0 saturated heterocycles. The number of nitrogens with one attached hydrogen (secondary N) is 2. The fraction of sp³-hybridized carbons (Fsp3) is 0.222. The van der Waals surface area contributed by atoms with Crippen LogP contribution in [0.3, 0.4) is 0 Å². The first-order valence-corrected chi connectivity index (χ1v) is 5.99. The van der Waals surface area contributed by atoms with E-state index in [2.05, 4.69) is 25.5 Å². The largest absolute Gasteiger partial charge is 0.339 e. The van der Waals surface area contributed by atoms with Crippen LogP contribution in [0.15, 0.2) is 25.8 Å². The van der Waals surface area contributed by atoms with E-state index in [1.54, 1.807) is 20.0 Å². The zero-order chi connectivity index (χ0) is 14.0. The normalized spacial score (nSPS) is 10.5. The monoisotopic (exact) mass is 281 g/mol. The van der Waals surface area contributed by atoms with Crippen LogP contribution in [0.4, 0.5) is 5.95 Å². The van der Waals surface area contributed by atoms with Gasteiger partial charge in [0.25, 0.3) is 0 Å². The van der Waals surface area contributed by atoms with Gasteiger partial charge in [-0.25, -0.2) is 15.8 Å². The number of aryl methyl sites for hydroxylation is 2.